The van der Waals surface area contributed by atoms with Gasteiger partial charge in [0.15, 0.2) is 6.10 Å². The molecule has 1 N–H and O–H groups in total. The Morgan fingerprint density at radius 3 is 1.70 bits per heavy atom. The average molecular weight is 387 g/mol. The summed E-state index contributed by atoms with van der Waals surface area (Å²) in [4.78, 5) is 24.9. The quantitative estimate of drug-likeness (QED) is 0.579. The maximum atomic E-state index is 12.5. The summed E-state index contributed by atoms with van der Waals surface area (Å²) >= 11 is 0. The molecule has 0 heterocycles. The molecule has 0 aromatic rings. The minimum atomic E-state index is -0.846. The average Bonchev–Trinajstić information content (AvgIpc) is 2.45. The highest BCUT2D eigenvalue weighted by atomic mass is 16.6. The van der Waals surface area contributed by atoms with E-state index in [1.54, 1.807) is 0 Å². The van der Waals surface area contributed by atoms with Crippen molar-refractivity contribution in [2.24, 2.45) is 21.7 Å². The summed E-state index contributed by atoms with van der Waals surface area (Å²) in [6, 6.07) is 0. The van der Waals surface area contributed by atoms with Gasteiger partial charge in [0.25, 0.3) is 0 Å². The van der Waals surface area contributed by atoms with Crippen molar-refractivity contribution < 1.29 is 24.2 Å². The van der Waals surface area contributed by atoms with E-state index in [9.17, 15) is 14.7 Å². The number of aliphatic hydroxyl groups excluding tert-OH is 1. The van der Waals surface area contributed by atoms with E-state index in [-0.39, 0.29) is 36.0 Å². The lowest BCUT2D eigenvalue weighted by atomic mass is 9.76. The molecule has 0 aromatic carbocycles. The highest BCUT2D eigenvalue weighted by Gasteiger charge is 2.36. The number of aliphatic hydroxyl groups is 1. The number of esters is 2. The first kappa shape index (κ1) is 25.9. The standard InChI is InChI=1S/C22H42O5/c1-19(2,3)11-12-21(7,8)18(25)27-16(13-23)14-26-17(24)22(9,10)15-20(4,5)6/h16,23H,11-15H2,1-10H3. The molecular formula is C22H42O5. The molecule has 0 spiro atoms. The molecule has 0 radical (unpaired) electrons. The molecule has 1 atom stereocenters. The molecule has 27 heavy (non-hydrogen) atoms. The molecule has 0 bridgehead atoms. The largest absolute Gasteiger partial charge is 0.461 e. The van der Waals surface area contributed by atoms with Gasteiger partial charge < -0.3 is 14.6 Å². The van der Waals surface area contributed by atoms with Gasteiger partial charge in [0, 0.05) is 0 Å². The summed E-state index contributed by atoms with van der Waals surface area (Å²) in [5, 5.41) is 9.53. The van der Waals surface area contributed by atoms with E-state index in [4.69, 9.17) is 9.47 Å². The van der Waals surface area contributed by atoms with Crippen molar-refractivity contribution in [3.8, 4) is 0 Å². The van der Waals surface area contributed by atoms with Crippen molar-refractivity contribution >= 4 is 11.9 Å². The number of carbonyl (C=O) groups is 2. The lowest BCUT2D eigenvalue weighted by Crippen LogP contribution is -2.37. The van der Waals surface area contributed by atoms with Crippen LogP contribution in [-0.2, 0) is 19.1 Å². The Labute approximate surface area is 166 Å². The van der Waals surface area contributed by atoms with Crippen LogP contribution in [0.5, 0.6) is 0 Å². The zero-order valence-electron chi connectivity index (χ0n) is 19.2. The molecule has 1 unspecified atom stereocenters. The molecular weight excluding hydrogens is 344 g/mol. The smallest absolute Gasteiger partial charge is 0.311 e. The Balaban J connectivity index is 4.73. The van der Waals surface area contributed by atoms with E-state index in [0.29, 0.717) is 12.8 Å². The fourth-order valence-corrected chi connectivity index (χ4v) is 2.99. The van der Waals surface area contributed by atoms with Gasteiger partial charge in [-0.15, -0.1) is 0 Å². The predicted molar refractivity (Wildman–Crippen MR) is 108 cm³/mol. The van der Waals surface area contributed by atoms with Crippen LogP contribution < -0.4 is 0 Å². The van der Waals surface area contributed by atoms with Crippen molar-refractivity contribution in [1.29, 1.82) is 0 Å². The van der Waals surface area contributed by atoms with Crippen LogP contribution >= 0.6 is 0 Å². The molecule has 0 rings (SSSR count). The van der Waals surface area contributed by atoms with Crippen LogP contribution in [0.15, 0.2) is 0 Å². The van der Waals surface area contributed by atoms with Crippen LogP contribution in [0, 0.1) is 21.7 Å². The zero-order chi connectivity index (χ0) is 21.7. The lowest BCUT2D eigenvalue weighted by molar-refractivity contribution is -0.173. The Bertz CT molecular complexity index is 492. The van der Waals surface area contributed by atoms with E-state index in [1.807, 2.05) is 27.7 Å². The third-order valence-electron chi connectivity index (χ3n) is 4.46. The van der Waals surface area contributed by atoms with Gasteiger partial charge >= 0.3 is 11.9 Å². The van der Waals surface area contributed by atoms with Gasteiger partial charge in [-0.05, 0) is 57.8 Å². The summed E-state index contributed by atoms with van der Waals surface area (Å²) in [5.74, 6) is -0.727. The normalized spacial score (nSPS) is 14.6. The predicted octanol–water partition coefficient (Wildman–Crippen LogP) is 4.75. The monoisotopic (exact) mass is 386 g/mol. The van der Waals surface area contributed by atoms with Crippen LogP contribution in [0.25, 0.3) is 0 Å². The summed E-state index contributed by atoms with van der Waals surface area (Å²) in [5.41, 5.74) is -1.19. The molecule has 0 aliphatic heterocycles. The molecule has 0 aliphatic rings. The first-order valence-electron chi connectivity index (χ1n) is 9.89. The highest BCUT2D eigenvalue weighted by Crippen LogP contribution is 2.34. The maximum Gasteiger partial charge on any atom is 0.311 e. The first-order valence-corrected chi connectivity index (χ1v) is 9.89. The second-order valence-corrected chi connectivity index (χ2v) is 11.4. The molecule has 0 saturated carbocycles. The second-order valence-electron chi connectivity index (χ2n) is 11.4. The molecule has 5 heteroatoms. The number of hydrogen-bond acceptors (Lipinski definition) is 5. The third-order valence-corrected chi connectivity index (χ3v) is 4.46. The Hall–Kier alpha value is -1.10. The fraction of sp³-hybridized carbons (Fsp3) is 0.909. The van der Waals surface area contributed by atoms with Crippen LogP contribution in [0.1, 0.15) is 88.5 Å². The van der Waals surface area contributed by atoms with Crippen LogP contribution in [0.3, 0.4) is 0 Å². The van der Waals surface area contributed by atoms with E-state index in [2.05, 4.69) is 41.5 Å². The van der Waals surface area contributed by atoms with E-state index in [1.165, 1.54) is 0 Å². The summed E-state index contributed by atoms with van der Waals surface area (Å²) in [7, 11) is 0. The summed E-state index contributed by atoms with van der Waals surface area (Å²) in [6.07, 6.45) is 1.39. The van der Waals surface area contributed by atoms with Crippen LogP contribution in [0.2, 0.25) is 0 Å². The van der Waals surface area contributed by atoms with Crippen molar-refractivity contribution in [3.63, 3.8) is 0 Å². The van der Waals surface area contributed by atoms with E-state index >= 15 is 0 Å². The number of ether oxygens (including phenoxy) is 2. The molecule has 0 amide bonds. The Morgan fingerprint density at radius 2 is 1.30 bits per heavy atom. The van der Waals surface area contributed by atoms with Gasteiger partial charge in [0.05, 0.1) is 17.4 Å². The zero-order valence-corrected chi connectivity index (χ0v) is 19.2. The first-order chi connectivity index (χ1) is 11.9. The summed E-state index contributed by atoms with van der Waals surface area (Å²) in [6.45, 7) is 19.4. The molecule has 0 aromatic heterocycles. The second kappa shape index (κ2) is 9.40. The molecule has 0 fully saturated rings. The maximum absolute atomic E-state index is 12.5. The van der Waals surface area contributed by atoms with E-state index < -0.39 is 16.9 Å². The fourth-order valence-electron chi connectivity index (χ4n) is 2.99. The summed E-state index contributed by atoms with van der Waals surface area (Å²) < 4.78 is 10.8. The van der Waals surface area contributed by atoms with Gasteiger partial charge in [0.1, 0.15) is 6.61 Å². The Morgan fingerprint density at radius 1 is 0.778 bits per heavy atom. The molecule has 0 aliphatic carbocycles. The third kappa shape index (κ3) is 10.7. The van der Waals surface area contributed by atoms with Crippen LogP contribution in [0.4, 0.5) is 0 Å². The van der Waals surface area contributed by atoms with Gasteiger partial charge in [-0.1, -0.05) is 41.5 Å². The van der Waals surface area contributed by atoms with Gasteiger partial charge in [-0.25, -0.2) is 0 Å². The number of hydrogen-bond donors (Lipinski definition) is 1. The van der Waals surface area contributed by atoms with Gasteiger partial charge in [-0.2, -0.15) is 0 Å². The van der Waals surface area contributed by atoms with Crippen molar-refractivity contribution in [2.75, 3.05) is 13.2 Å². The number of carbonyl (C=O) groups excluding carboxylic acids is 2. The van der Waals surface area contributed by atoms with Crippen molar-refractivity contribution in [3.05, 3.63) is 0 Å². The van der Waals surface area contributed by atoms with E-state index in [0.717, 1.165) is 6.42 Å². The molecule has 0 saturated heterocycles. The minimum absolute atomic E-state index is 0.0115. The van der Waals surface area contributed by atoms with Gasteiger partial charge in [0.2, 0.25) is 0 Å². The van der Waals surface area contributed by atoms with Crippen molar-refractivity contribution in [2.45, 2.75) is 94.6 Å². The molecule has 5 nitrogen and oxygen atoms in total. The van der Waals surface area contributed by atoms with Crippen molar-refractivity contribution in [1.82, 2.24) is 0 Å². The topological polar surface area (TPSA) is 72.8 Å². The lowest BCUT2D eigenvalue weighted by Gasteiger charge is -2.31. The van der Waals surface area contributed by atoms with Gasteiger partial charge in [-0.3, -0.25) is 9.59 Å². The SMILES string of the molecule is CC(C)(C)CCC(C)(C)C(=O)OC(CO)COC(=O)C(C)(C)CC(C)(C)C. The minimum Gasteiger partial charge on any atom is -0.461 e. The number of rotatable bonds is 9. The van der Waals surface area contributed by atoms with Crippen LogP contribution in [-0.4, -0.2) is 36.4 Å². The molecule has 160 valence electrons. The highest BCUT2D eigenvalue weighted by molar-refractivity contribution is 5.77. The Kier molecular flexibility index (Phi) is 9.02.